The van der Waals surface area contributed by atoms with Gasteiger partial charge in [0.15, 0.2) is 0 Å². The molecule has 4 heteroatoms. The van der Waals surface area contributed by atoms with Crippen molar-refractivity contribution in [3.8, 4) is 0 Å². The number of aryl methyl sites for hydroxylation is 1. The monoisotopic (exact) mass is 218 g/mol. The van der Waals surface area contributed by atoms with Gasteiger partial charge < -0.3 is 15.4 Å². The van der Waals surface area contributed by atoms with Gasteiger partial charge >= 0.3 is 5.97 Å². The van der Waals surface area contributed by atoms with Crippen molar-refractivity contribution in [1.29, 1.82) is 0 Å². The molecule has 0 radical (unpaired) electrons. The van der Waals surface area contributed by atoms with Crippen LogP contribution in [0.25, 0.3) is 10.9 Å². The number of carbonyl (C=O) groups is 1. The van der Waals surface area contributed by atoms with Crippen molar-refractivity contribution in [1.82, 2.24) is 4.57 Å². The van der Waals surface area contributed by atoms with Crippen molar-refractivity contribution in [3.05, 3.63) is 36.0 Å². The quantitative estimate of drug-likeness (QED) is 0.823. The molecule has 1 heterocycles. The molecule has 0 unspecified atom stereocenters. The van der Waals surface area contributed by atoms with E-state index in [0.717, 1.165) is 16.5 Å². The van der Waals surface area contributed by atoms with Gasteiger partial charge in [-0.25, -0.2) is 0 Å². The molecule has 1 atom stereocenters. The van der Waals surface area contributed by atoms with Crippen molar-refractivity contribution in [2.24, 2.45) is 12.8 Å². The Labute approximate surface area is 93.3 Å². The Bertz CT molecular complexity index is 531. The van der Waals surface area contributed by atoms with E-state index >= 15 is 0 Å². The summed E-state index contributed by atoms with van der Waals surface area (Å²) in [5, 5.41) is 9.76. The number of nitrogens with two attached hydrogens (primary N) is 1. The molecule has 2 aromatic rings. The Morgan fingerprint density at radius 3 is 2.88 bits per heavy atom. The third-order valence-corrected chi connectivity index (χ3v) is 2.72. The fraction of sp³-hybridized carbons (Fsp3) is 0.250. The zero-order valence-corrected chi connectivity index (χ0v) is 9.05. The van der Waals surface area contributed by atoms with E-state index in [-0.39, 0.29) is 6.42 Å². The third kappa shape index (κ3) is 1.79. The van der Waals surface area contributed by atoms with Crippen LogP contribution in [0.2, 0.25) is 0 Å². The minimum absolute atomic E-state index is 0.0476. The number of hydrogen-bond donors (Lipinski definition) is 2. The van der Waals surface area contributed by atoms with Gasteiger partial charge in [-0.2, -0.15) is 0 Å². The third-order valence-electron chi connectivity index (χ3n) is 2.72. The molecular formula is C12H14N2O2. The highest BCUT2D eigenvalue weighted by molar-refractivity contribution is 5.85. The van der Waals surface area contributed by atoms with Crippen LogP contribution < -0.4 is 5.73 Å². The van der Waals surface area contributed by atoms with E-state index in [2.05, 4.69) is 0 Å². The molecule has 3 N–H and O–H groups in total. The SMILES string of the molecule is Cn1cc([C@@H](N)CC(=O)O)c2ccccc21. The summed E-state index contributed by atoms with van der Waals surface area (Å²) in [5.41, 5.74) is 7.84. The van der Waals surface area contributed by atoms with E-state index in [1.807, 2.05) is 42.1 Å². The predicted octanol–water partition coefficient (Wildman–Crippen LogP) is 1.65. The lowest BCUT2D eigenvalue weighted by atomic mass is 10.0. The number of fused-ring (bicyclic) bond motifs is 1. The summed E-state index contributed by atoms with van der Waals surface area (Å²) in [4.78, 5) is 10.6. The number of benzene rings is 1. The fourth-order valence-corrected chi connectivity index (χ4v) is 1.97. The summed E-state index contributed by atoms with van der Waals surface area (Å²) < 4.78 is 1.96. The van der Waals surface area contributed by atoms with E-state index in [0.29, 0.717) is 0 Å². The van der Waals surface area contributed by atoms with Gasteiger partial charge in [-0.3, -0.25) is 4.79 Å². The molecule has 0 aliphatic heterocycles. The molecule has 0 fully saturated rings. The van der Waals surface area contributed by atoms with E-state index in [1.165, 1.54) is 0 Å². The predicted molar refractivity (Wildman–Crippen MR) is 62.1 cm³/mol. The standard InChI is InChI=1S/C12H14N2O2/c1-14-7-9(10(13)6-12(15)16)8-4-2-3-5-11(8)14/h2-5,7,10H,6,13H2,1H3,(H,15,16)/t10-/m0/s1. The number of nitrogens with zero attached hydrogens (tertiary/aromatic N) is 1. The second-order valence-electron chi connectivity index (χ2n) is 3.92. The molecule has 0 saturated carbocycles. The summed E-state index contributed by atoms with van der Waals surface area (Å²) in [5.74, 6) is -0.875. The molecule has 1 aromatic carbocycles. The first kappa shape index (κ1) is 10.7. The largest absolute Gasteiger partial charge is 0.481 e. The molecule has 0 aliphatic rings. The van der Waals surface area contributed by atoms with E-state index in [9.17, 15) is 4.79 Å². The number of aliphatic carboxylic acids is 1. The molecule has 0 bridgehead atoms. The van der Waals surface area contributed by atoms with E-state index in [4.69, 9.17) is 10.8 Å². The van der Waals surface area contributed by atoms with Gasteiger partial charge in [-0.1, -0.05) is 18.2 Å². The second-order valence-corrected chi connectivity index (χ2v) is 3.92. The molecular weight excluding hydrogens is 204 g/mol. The average molecular weight is 218 g/mol. The van der Waals surface area contributed by atoms with Crippen LogP contribution in [0.3, 0.4) is 0 Å². The molecule has 1 aromatic heterocycles. The summed E-state index contributed by atoms with van der Waals surface area (Å²) >= 11 is 0. The Morgan fingerprint density at radius 2 is 2.19 bits per heavy atom. The van der Waals surface area contributed by atoms with Crippen molar-refractivity contribution < 1.29 is 9.90 Å². The Kier molecular flexibility index (Phi) is 2.66. The Morgan fingerprint density at radius 1 is 1.50 bits per heavy atom. The maximum absolute atomic E-state index is 10.6. The number of carboxylic acid groups (broad SMARTS) is 1. The fourth-order valence-electron chi connectivity index (χ4n) is 1.97. The van der Waals surface area contributed by atoms with Gasteiger partial charge in [-0.05, 0) is 11.6 Å². The minimum atomic E-state index is -0.875. The summed E-state index contributed by atoms with van der Waals surface area (Å²) in [7, 11) is 1.93. The van der Waals surface area contributed by atoms with Crippen LogP contribution >= 0.6 is 0 Å². The Hall–Kier alpha value is -1.81. The minimum Gasteiger partial charge on any atom is -0.481 e. The molecule has 84 valence electrons. The number of aromatic nitrogens is 1. The zero-order valence-electron chi connectivity index (χ0n) is 9.05. The molecule has 2 rings (SSSR count). The topological polar surface area (TPSA) is 68.2 Å². The van der Waals surface area contributed by atoms with Crippen LogP contribution in [-0.2, 0) is 11.8 Å². The first-order valence-electron chi connectivity index (χ1n) is 5.11. The molecule has 16 heavy (non-hydrogen) atoms. The highest BCUT2D eigenvalue weighted by Gasteiger charge is 2.15. The lowest BCUT2D eigenvalue weighted by molar-refractivity contribution is -0.137. The van der Waals surface area contributed by atoms with E-state index in [1.54, 1.807) is 0 Å². The van der Waals surface area contributed by atoms with Gasteiger partial charge in [0.25, 0.3) is 0 Å². The van der Waals surface area contributed by atoms with Crippen molar-refractivity contribution in [2.75, 3.05) is 0 Å². The molecule has 0 amide bonds. The number of rotatable bonds is 3. The summed E-state index contributed by atoms with van der Waals surface area (Å²) in [6.07, 6.45) is 1.85. The zero-order chi connectivity index (χ0) is 11.7. The number of carboxylic acids is 1. The number of hydrogen-bond acceptors (Lipinski definition) is 2. The van der Waals surface area contributed by atoms with Crippen LogP contribution in [-0.4, -0.2) is 15.6 Å². The normalized spacial score (nSPS) is 12.9. The van der Waals surface area contributed by atoms with Crippen LogP contribution in [0.5, 0.6) is 0 Å². The van der Waals surface area contributed by atoms with Gasteiger partial charge in [0.1, 0.15) is 0 Å². The van der Waals surface area contributed by atoms with Crippen molar-refractivity contribution in [2.45, 2.75) is 12.5 Å². The molecule has 0 aliphatic carbocycles. The number of para-hydroxylation sites is 1. The van der Waals surface area contributed by atoms with E-state index < -0.39 is 12.0 Å². The molecule has 4 nitrogen and oxygen atoms in total. The van der Waals surface area contributed by atoms with Crippen LogP contribution in [0.4, 0.5) is 0 Å². The second kappa shape index (κ2) is 3.98. The van der Waals surface area contributed by atoms with Crippen molar-refractivity contribution in [3.63, 3.8) is 0 Å². The lowest BCUT2D eigenvalue weighted by Crippen LogP contribution is -2.14. The van der Waals surface area contributed by atoms with Gasteiger partial charge in [0.05, 0.1) is 6.42 Å². The average Bonchev–Trinajstić information content (AvgIpc) is 2.56. The van der Waals surface area contributed by atoms with Crippen LogP contribution in [0.1, 0.15) is 18.0 Å². The van der Waals surface area contributed by atoms with Gasteiger partial charge in [-0.15, -0.1) is 0 Å². The van der Waals surface area contributed by atoms with Crippen LogP contribution in [0.15, 0.2) is 30.5 Å². The van der Waals surface area contributed by atoms with Gasteiger partial charge in [0.2, 0.25) is 0 Å². The Balaban J connectivity index is 2.48. The maximum Gasteiger partial charge on any atom is 0.305 e. The molecule has 0 spiro atoms. The lowest BCUT2D eigenvalue weighted by Gasteiger charge is -2.06. The highest BCUT2D eigenvalue weighted by atomic mass is 16.4. The van der Waals surface area contributed by atoms with Crippen molar-refractivity contribution >= 4 is 16.9 Å². The highest BCUT2D eigenvalue weighted by Crippen LogP contribution is 2.26. The smallest absolute Gasteiger partial charge is 0.305 e. The summed E-state index contributed by atoms with van der Waals surface area (Å²) in [6.45, 7) is 0. The molecule has 0 saturated heterocycles. The first-order valence-corrected chi connectivity index (χ1v) is 5.11. The maximum atomic E-state index is 10.6. The summed E-state index contributed by atoms with van der Waals surface area (Å²) in [6, 6.07) is 7.39. The van der Waals surface area contributed by atoms with Crippen LogP contribution in [0, 0.1) is 0 Å². The van der Waals surface area contributed by atoms with Gasteiger partial charge in [0, 0.05) is 30.2 Å². The first-order chi connectivity index (χ1) is 7.59.